The van der Waals surface area contributed by atoms with Crippen LogP contribution in [0.2, 0.25) is 0 Å². The Morgan fingerprint density at radius 3 is 2.43 bits per heavy atom. The van der Waals surface area contributed by atoms with Crippen LogP contribution in [0.1, 0.15) is 48.6 Å². The first-order chi connectivity index (χ1) is 16.8. The summed E-state index contributed by atoms with van der Waals surface area (Å²) in [6, 6.07) is 10.4. The number of hydrogen-bond donors (Lipinski definition) is 0. The second-order valence-corrected chi connectivity index (χ2v) is 8.88. The number of hydrogen-bond acceptors (Lipinski definition) is 3. The molecule has 1 fully saturated rings. The van der Waals surface area contributed by atoms with Crippen LogP contribution in [0, 0.1) is 23.5 Å². The normalized spacial score (nSPS) is 19.5. The Morgan fingerprint density at radius 2 is 1.74 bits per heavy atom. The lowest BCUT2D eigenvalue weighted by atomic mass is 9.75. The minimum Gasteiger partial charge on any atom is -0.317 e. The van der Waals surface area contributed by atoms with E-state index in [0.29, 0.717) is 23.4 Å². The number of rotatable bonds is 2. The minimum absolute atomic E-state index is 0.0773. The molecule has 0 unspecified atom stereocenters. The van der Waals surface area contributed by atoms with E-state index < -0.39 is 34.8 Å². The van der Waals surface area contributed by atoms with E-state index in [-0.39, 0.29) is 12.0 Å². The van der Waals surface area contributed by atoms with E-state index >= 15 is 8.78 Å². The number of benzene rings is 2. The Balaban J connectivity index is 1.49. The first-order valence-corrected chi connectivity index (χ1v) is 11.6. The van der Waals surface area contributed by atoms with E-state index in [1.165, 1.54) is 4.90 Å². The van der Waals surface area contributed by atoms with Gasteiger partial charge in [-0.3, -0.25) is 9.48 Å². The molecule has 3 amide bonds. The van der Waals surface area contributed by atoms with Gasteiger partial charge in [-0.2, -0.15) is 5.10 Å². The van der Waals surface area contributed by atoms with E-state index in [4.69, 9.17) is 0 Å². The SMILES string of the molecule is CCn1cc2c(n1)CCC[C@]21CC(=O)N(c2c(F)cc(C#Cc3ccccc3)cc2F)C(=O)N1C. The molecule has 1 aliphatic carbocycles. The molecule has 2 heterocycles. The summed E-state index contributed by atoms with van der Waals surface area (Å²) in [4.78, 5) is 28.8. The molecule has 1 spiro atoms. The van der Waals surface area contributed by atoms with Crippen LogP contribution in [0.5, 0.6) is 0 Å². The number of urea groups is 1. The fourth-order valence-electron chi connectivity index (χ4n) is 5.04. The van der Waals surface area contributed by atoms with Crippen LogP contribution >= 0.6 is 0 Å². The number of imide groups is 1. The second-order valence-electron chi connectivity index (χ2n) is 8.88. The fraction of sp³-hybridized carbons (Fsp3) is 0.296. The minimum atomic E-state index is -1.02. The van der Waals surface area contributed by atoms with Crippen molar-refractivity contribution in [3.63, 3.8) is 0 Å². The van der Waals surface area contributed by atoms with Gasteiger partial charge in [0.2, 0.25) is 5.91 Å². The summed E-state index contributed by atoms with van der Waals surface area (Å²) in [5.74, 6) is 2.90. The van der Waals surface area contributed by atoms with Crippen LogP contribution in [0.25, 0.3) is 0 Å². The van der Waals surface area contributed by atoms with Gasteiger partial charge < -0.3 is 4.90 Å². The van der Waals surface area contributed by atoms with Crippen molar-refractivity contribution in [2.75, 3.05) is 11.9 Å². The van der Waals surface area contributed by atoms with Crippen LogP contribution in [0.15, 0.2) is 48.7 Å². The van der Waals surface area contributed by atoms with Crippen LogP contribution in [-0.2, 0) is 23.3 Å². The third-order valence-corrected chi connectivity index (χ3v) is 6.85. The van der Waals surface area contributed by atoms with Crippen molar-refractivity contribution in [1.29, 1.82) is 0 Å². The highest BCUT2D eigenvalue weighted by atomic mass is 19.1. The maximum Gasteiger partial charge on any atom is 0.332 e. The number of carbonyl (C=O) groups excluding carboxylic acids is 2. The molecule has 1 atom stereocenters. The van der Waals surface area contributed by atoms with E-state index in [2.05, 4.69) is 16.9 Å². The van der Waals surface area contributed by atoms with E-state index in [0.717, 1.165) is 36.2 Å². The van der Waals surface area contributed by atoms with Crippen LogP contribution in [0.3, 0.4) is 0 Å². The number of nitrogens with zero attached hydrogens (tertiary/aromatic N) is 4. The van der Waals surface area contributed by atoms with Crippen molar-refractivity contribution >= 4 is 17.6 Å². The number of aryl methyl sites for hydroxylation is 2. The molecule has 2 aliphatic rings. The van der Waals surface area contributed by atoms with Gasteiger partial charge in [0.1, 0.15) is 5.69 Å². The molecular weight excluding hydrogens is 450 g/mol. The summed E-state index contributed by atoms with van der Waals surface area (Å²) in [6.07, 6.45) is 3.90. The zero-order chi connectivity index (χ0) is 24.7. The molecule has 1 saturated heterocycles. The molecule has 6 nitrogen and oxygen atoms in total. The van der Waals surface area contributed by atoms with Gasteiger partial charge in [-0.25, -0.2) is 18.5 Å². The number of halogens is 2. The summed E-state index contributed by atoms with van der Waals surface area (Å²) in [5, 5.41) is 4.58. The van der Waals surface area contributed by atoms with Gasteiger partial charge >= 0.3 is 6.03 Å². The Morgan fingerprint density at radius 1 is 1.06 bits per heavy atom. The first-order valence-electron chi connectivity index (χ1n) is 11.6. The molecule has 0 bridgehead atoms. The topological polar surface area (TPSA) is 58.4 Å². The van der Waals surface area contributed by atoms with E-state index in [9.17, 15) is 9.59 Å². The number of carbonyl (C=O) groups is 2. The summed E-state index contributed by atoms with van der Waals surface area (Å²) < 4.78 is 32.1. The smallest absolute Gasteiger partial charge is 0.317 e. The van der Waals surface area contributed by atoms with Crippen molar-refractivity contribution in [3.05, 3.63) is 82.7 Å². The highest BCUT2D eigenvalue weighted by Crippen LogP contribution is 2.46. The highest BCUT2D eigenvalue weighted by molar-refractivity contribution is 6.16. The number of aromatic nitrogens is 2. The molecule has 3 aromatic rings. The Bertz CT molecular complexity index is 1370. The lowest BCUT2D eigenvalue weighted by Crippen LogP contribution is -2.62. The molecule has 1 aromatic heterocycles. The molecule has 5 rings (SSSR count). The third kappa shape index (κ3) is 3.77. The average Bonchev–Trinajstić information content (AvgIpc) is 3.29. The van der Waals surface area contributed by atoms with Gasteiger partial charge in [0.25, 0.3) is 0 Å². The molecule has 8 heteroatoms. The van der Waals surface area contributed by atoms with Crippen molar-refractivity contribution in [3.8, 4) is 11.8 Å². The summed E-state index contributed by atoms with van der Waals surface area (Å²) in [5.41, 5.74) is 0.953. The van der Waals surface area contributed by atoms with Crippen LogP contribution < -0.4 is 4.90 Å². The Kier molecular flexibility index (Phi) is 5.64. The quantitative estimate of drug-likeness (QED) is 0.510. The number of amides is 3. The van der Waals surface area contributed by atoms with Gasteiger partial charge in [-0.15, -0.1) is 0 Å². The molecule has 2 aromatic carbocycles. The molecule has 0 N–H and O–H groups in total. The predicted octanol–water partition coefficient (Wildman–Crippen LogP) is 4.60. The predicted molar refractivity (Wildman–Crippen MR) is 127 cm³/mol. The lowest BCUT2D eigenvalue weighted by Gasteiger charge is -2.49. The molecule has 178 valence electrons. The molecule has 0 radical (unpaired) electrons. The molecule has 35 heavy (non-hydrogen) atoms. The summed E-state index contributed by atoms with van der Waals surface area (Å²) in [6.45, 7) is 2.63. The van der Waals surface area contributed by atoms with Crippen molar-refractivity contribution in [2.24, 2.45) is 0 Å². The van der Waals surface area contributed by atoms with Gasteiger partial charge in [0, 0.05) is 36.5 Å². The van der Waals surface area contributed by atoms with E-state index in [1.807, 2.05) is 31.3 Å². The monoisotopic (exact) mass is 474 g/mol. The van der Waals surface area contributed by atoms with Crippen molar-refractivity contribution < 1.29 is 18.4 Å². The Hall–Kier alpha value is -3.99. The average molecular weight is 475 g/mol. The van der Waals surface area contributed by atoms with Crippen molar-refractivity contribution in [1.82, 2.24) is 14.7 Å². The first kappa shape index (κ1) is 22.8. The van der Waals surface area contributed by atoms with Crippen LogP contribution in [0.4, 0.5) is 19.3 Å². The maximum atomic E-state index is 15.1. The van der Waals surface area contributed by atoms with Gasteiger partial charge in [0.15, 0.2) is 11.6 Å². The number of anilines is 1. The van der Waals surface area contributed by atoms with Gasteiger partial charge in [0.05, 0.1) is 17.7 Å². The molecular formula is C27H24F2N4O2. The lowest BCUT2D eigenvalue weighted by molar-refractivity contribution is -0.122. The summed E-state index contributed by atoms with van der Waals surface area (Å²) in [7, 11) is 1.58. The standard InChI is InChI=1S/C27H24F2N4O2/c1-3-32-17-20-23(30-32)10-7-13-27(20)16-24(34)33(26(35)31(27)2)25-21(28)14-19(15-22(25)29)12-11-18-8-5-4-6-9-18/h4-6,8-9,14-15,17H,3,7,10,13,16H2,1-2H3/t27-/m0/s1. The Labute approximate surface area is 202 Å². The maximum absolute atomic E-state index is 15.1. The third-order valence-electron chi connectivity index (χ3n) is 6.85. The highest BCUT2D eigenvalue weighted by Gasteiger charge is 2.52. The van der Waals surface area contributed by atoms with Crippen LogP contribution in [-0.4, -0.2) is 33.7 Å². The van der Waals surface area contributed by atoms with Gasteiger partial charge in [-0.05, 0) is 50.5 Å². The largest absolute Gasteiger partial charge is 0.332 e. The zero-order valence-electron chi connectivity index (χ0n) is 19.5. The van der Waals surface area contributed by atoms with Gasteiger partial charge in [-0.1, -0.05) is 30.0 Å². The van der Waals surface area contributed by atoms with Crippen molar-refractivity contribution in [2.45, 2.75) is 44.7 Å². The summed E-state index contributed by atoms with van der Waals surface area (Å²) >= 11 is 0. The zero-order valence-corrected chi connectivity index (χ0v) is 19.5. The molecule has 1 aliphatic heterocycles. The second kappa shape index (κ2) is 8.66. The number of fused-ring (bicyclic) bond motifs is 2. The fourth-order valence-corrected chi connectivity index (χ4v) is 5.04. The molecule has 0 saturated carbocycles. The van der Waals surface area contributed by atoms with E-state index in [1.54, 1.807) is 23.9 Å².